The maximum atomic E-state index is 11.0. The summed E-state index contributed by atoms with van der Waals surface area (Å²) in [6.07, 6.45) is 4.75. The smallest absolute Gasteiger partial charge is 0.317 e. The second-order valence-electron chi connectivity index (χ2n) is 6.31. The van der Waals surface area contributed by atoms with Crippen molar-refractivity contribution in [1.29, 1.82) is 0 Å². The van der Waals surface area contributed by atoms with Gasteiger partial charge in [-0.25, -0.2) is 0 Å². The molecule has 1 aromatic carbocycles. The summed E-state index contributed by atoms with van der Waals surface area (Å²) in [6, 6.07) is 11.6. The lowest BCUT2D eigenvalue weighted by atomic mass is 10.1. The summed E-state index contributed by atoms with van der Waals surface area (Å²) in [4.78, 5) is 15.7. The Bertz CT molecular complexity index is 473. The van der Waals surface area contributed by atoms with E-state index in [2.05, 4.69) is 34.1 Å². The number of carbonyl (C=O) groups is 1. The Morgan fingerprint density at radius 3 is 2.67 bits per heavy atom. The zero-order valence-electron chi connectivity index (χ0n) is 12.4. The SMILES string of the molecule is O=C(O)CN(CC1CCCN1Cc1ccccc1)C1CC1. The lowest BCUT2D eigenvalue weighted by Gasteiger charge is -2.30. The van der Waals surface area contributed by atoms with Crippen LogP contribution in [0.15, 0.2) is 30.3 Å². The van der Waals surface area contributed by atoms with Gasteiger partial charge in [0.1, 0.15) is 0 Å². The van der Waals surface area contributed by atoms with E-state index in [9.17, 15) is 4.79 Å². The van der Waals surface area contributed by atoms with E-state index in [4.69, 9.17) is 5.11 Å². The molecule has 1 N–H and O–H groups in total. The number of benzene rings is 1. The Morgan fingerprint density at radius 2 is 2.00 bits per heavy atom. The molecule has 4 nitrogen and oxygen atoms in total. The lowest BCUT2D eigenvalue weighted by molar-refractivity contribution is -0.138. The van der Waals surface area contributed by atoms with Crippen LogP contribution in [-0.2, 0) is 11.3 Å². The van der Waals surface area contributed by atoms with Crippen LogP contribution in [-0.4, -0.2) is 52.6 Å². The predicted molar refractivity (Wildman–Crippen MR) is 82.1 cm³/mol. The van der Waals surface area contributed by atoms with Gasteiger partial charge in [0.2, 0.25) is 0 Å². The largest absolute Gasteiger partial charge is 0.480 e. The van der Waals surface area contributed by atoms with E-state index < -0.39 is 5.97 Å². The molecule has 0 amide bonds. The van der Waals surface area contributed by atoms with Crippen LogP contribution in [0.1, 0.15) is 31.2 Å². The van der Waals surface area contributed by atoms with Crippen LogP contribution in [0.2, 0.25) is 0 Å². The third kappa shape index (κ3) is 4.05. The molecule has 4 heteroatoms. The quantitative estimate of drug-likeness (QED) is 0.835. The molecule has 1 aliphatic carbocycles. The third-order valence-corrected chi connectivity index (χ3v) is 4.57. The second kappa shape index (κ2) is 6.58. The molecule has 0 bridgehead atoms. The molecule has 1 unspecified atom stereocenters. The van der Waals surface area contributed by atoms with Crippen molar-refractivity contribution in [2.24, 2.45) is 0 Å². The van der Waals surface area contributed by atoms with Crippen LogP contribution in [0.4, 0.5) is 0 Å². The summed E-state index contributed by atoms with van der Waals surface area (Å²) in [7, 11) is 0. The molecule has 21 heavy (non-hydrogen) atoms. The molecule has 1 saturated heterocycles. The molecule has 1 saturated carbocycles. The molecule has 1 heterocycles. The Labute approximate surface area is 126 Å². The number of likely N-dealkylation sites (tertiary alicyclic amines) is 1. The Morgan fingerprint density at radius 1 is 1.24 bits per heavy atom. The topological polar surface area (TPSA) is 43.8 Å². The predicted octanol–water partition coefficient (Wildman–Crippen LogP) is 2.20. The van der Waals surface area contributed by atoms with Gasteiger partial charge in [0.15, 0.2) is 0 Å². The Kier molecular flexibility index (Phi) is 4.56. The second-order valence-corrected chi connectivity index (χ2v) is 6.31. The number of carboxylic acid groups (broad SMARTS) is 1. The number of aliphatic carboxylic acids is 1. The fourth-order valence-corrected chi connectivity index (χ4v) is 3.35. The van der Waals surface area contributed by atoms with Crippen LogP contribution >= 0.6 is 0 Å². The van der Waals surface area contributed by atoms with Gasteiger partial charge in [-0.15, -0.1) is 0 Å². The summed E-state index contributed by atoms with van der Waals surface area (Å²) >= 11 is 0. The van der Waals surface area contributed by atoms with E-state index in [1.807, 2.05) is 6.07 Å². The van der Waals surface area contributed by atoms with Crippen LogP contribution in [0.25, 0.3) is 0 Å². The molecule has 1 aliphatic heterocycles. The number of rotatable bonds is 7. The van der Waals surface area contributed by atoms with Crippen molar-refractivity contribution in [3.05, 3.63) is 35.9 Å². The van der Waals surface area contributed by atoms with Crippen molar-refractivity contribution in [3.8, 4) is 0 Å². The molecule has 114 valence electrons. The van der Waals surface area contributed by atoms with E-state index in [1.54, 1.807) is 0 Å². The number of carboxylic acids is 1. The van der Waals surface area contributed by atoms with E-state index in [0.717, 1.165) is 19.6 Å². The van der Waals surface area contributed by atoms with Gasteiger partial charge in [-0.2, -0.15) is 0 Å². The highest BCUT2D eigenvalue weighted by Gasteiger charge is 2.34. The molecule has 0 spiro atoms. The van der Waals surface area contributed by atoms with E-state index in [-0.39, 0.29) is 6.54 Å². The van der Waals surface area contributed by atoms with Crippen LogP contribution in [0.5, 0.6) is 0 Å². The zero-order valence-corrected chi connectivity index (χ0v) is 12.4. The molecule has 2 aliphatic rings. The summed E-state index contributed by atoms with van der Waals surface area (Å²) in [5.41, 5.74) is 1.35. The molecule has 1 atom stereocenters. The molecular weight excluding hydrogens is 264 g/mol. The molecule has 3 rings (SSSR count). The molecular formula is C17H24N2O2. The van der Waals surface area contributed by atoms with Crippen LogP contribution < -0.4 is 0 Å². The first-order chi connectivity index (χ1) is 10.2. The monoisotopic (exact) mass is 288 g/mol. The standard InChI is InChI=1S/C17H24N2O2/c20-17(21)13-19(15-8-9-15)12-16-7-4-10-18(16)11-14-5-2-1-3-6-14/h1-3,5-6,15-16H,4,7-13H2,(H,20,21). The molecule has 0 radical (unpaired) electrons. The van der Waals surface area contributed by atoms with Crippen molar-refractivity contribution >= 4 is 5.97 Å². The van der Waals surface area contributed by atoms with Crippen molar-refractivity contribution in [3.63, 3.8) is 0 Å². The van der Waals surface area contributed by atoms with Crippen LogP contribution in [0, 0.1) is 0 Å². The minimum absolute atomic E-state index is 0.195. The summed E-state index contributed by atoms with van der Waals surface area (Å²) in [6.45, 7) is 3.21. The van der Waals surface area contributed by atoms with E-state index >= 15 is 0 Å². The first-order valence-electron chi connectivity index (χ1n) is 7.96. The van der Waals surface area contributed by atoms with Gasteiger partial charge in [0.25, 0.3) is 0 Å². The molecule has 2 fully saturated rings. The lowest BCUT2D eigenvalue weighted by Crippen LogP contribution is -2.43. The summed E-state index contributed by atoms with van der Waals surface area (Å²) in [5.74, 6) is -0.700. The first-order valence-corrected chi connectivity index (χ1v) is 7.96. The third-order valence-electron chi connectivity index (χ3n) is 4.57. The van der Waals surface area contributed by atoms with Gasteiger partial charge in [-0.1, -0.05) is 30.3 Å². The van der Waals surface area contributed by atoms with Gasteiger partial charge in [-0.05, 0) is 37.8 Å². The minimum Gasteiger partial charge on any atom is -0.480 e. The zero-order chi connectivity index (χ0) is 14.7. The Hall–Kier alpha value is -1.39. The maximum Gasteiger partial charge on any atom is 0.317 e. The van der Waals surface area contributed by atoms with Crippen molar-refractivity contribution < 1.29 is 9.90 Å². The number of nitrogens with zero attached hydrogens (tertiary/aromatic N) is 2. The fourth-order valence-electron chi connectivity index (χ4n) is 3.35. The van der Waals surface area contributed by atoms with E-state index in [0.29, 0.717) is 12.1 Å². The van der Waals surface area contributed by atoms with Gasteiger partial charge in [0.05, 0.1) is 6.54 Å². The van der Waals surface area contributed by atoms with E-state index in [1.165, 1.54) is 31.2 Å². The van der Waals surface area contributed by atoms with Crippen molar-refractivity contribution in [1.82, 2.24) is 9.80 Å². The normalized spacial score (nSPS) is 22.8. The minimum atomic E-state index is -0.700. The van der Waals surface area contributed by atoms with Crippen molar-refractivity contribution in [2.75, 3.05) is 19.6 Å². The van der Waals surface area contributed by atoms with Gasteiger partial charge >= 0.3 is 5.97 Å². The first kappa shape index (κ1) is 14.5. The number of hydrogen-bond acceptors (Lipinski definition) is 3. The van der Waals surface area contributed by atoms with Gasteiger partial charge in [-0.3, -0.25) is 14.6 Å². The summed E-state index contributed by atoms with van der Waals surface area (Å²) < 4.78 is 0. The highest BCUT2D eigenvalue weighted by Crippen LogP contribution is 2.29. The fraction of sp³-hybridized carbons (Fsp3) is 0.588. The average Bonchev–Trinajstić information content (AvgIpc) is 3.23. The van der Waals surface area contributed by atoms with Gasteiger partial charge in [0, 0.05) is 25.2 Å². The van der Waals surface area contributed by atoms with Crippen molar-refractivity contribution in [2.45, 2.75) is 44.3 Å². The molecule has 0 aromatic heterocycles. The van der Waals surface area contributed by atoms with Gasteiger partial charge < -0.3 is 5.11 Å². The maximum absolute atomic E-state index is 11.0. The summed E-state index contributed by atoms with van der Waals surface area (Å²) in [5, 5.41) is 9.08. The van der Waals surface area contributed by atoms with Crippen LogP contribution in [0.3, 0.4) is 0 Å². The Balaban J connectivity index is 1.59. The number of hydrogen-bond donors (Lipinski definition) is 1. The highest BCUT2D eigenvalue weighted by atomic mass is 16.4. The molecule has 1 aromatic rings. The average molecular weight is 288 g/mol. The highest BCUT2D eigenvalue weighted by molar-refractivity contribution is 5.69.